The lowest BCUT2D eigenvalue weighted by atomic mass is 9.89. The molecule has 0 atom stereocenters. The van der Waals surface area contributed by atoms with Gasteiger partial charge in [-0.15, -0.1) is 0 Å². The molecule has 0 rings (SSSR count). The van der Waals surface area contributed by atoms with Crippen molar-refractivity contribution in [3.63, 3.8) is 0 Å². The van der Waals surface area contributed by atoms with Crippen molar-refractivity contribution in [2.75, 3.05) is 0 Å². The molecule has 0 saturated heterocycles. The molecule has 0 unspecified atom stereocenters. The van der Waals surface area contributed by atoms with Crippen molar-refractivity contribution in [2.24, 2.45) is 10.8 Å². The summed E-state index contributed by atoms with van der Waals surface area (Å²) in [5.74, 6) is 0. The normalized spacial score (nSPS) is 14.0. The van der Waals surface area contributed by atoms with Gasteiger partial charge in [-0.25, -0.2) is 0 Å². The molecule has 0 spiro atoms. The van der Waals surface area contributed by atoms with E-state index in [-0.39, 0.29) is 0 Å². The molecule has 0 nitrogen and oxygen atoms in total. The van der Waals surface area contributed by atoms with Gasteiger partial charge in [0, 0.05) is 0 Å². The molecule has 0 aliphatic heterocycles. The van der Waals surface area contributed by atoms with Crippen LogP contribution in [0, 0.1) is 10.8 Å². The molecular weight excluding hydrogens is 156 g/mol. The third kappa shape index (κ3) is 11.7. The molecule has 0 bridgehead atoms. The Kier molecular flexibility index (Phi) is 4.74. The van der Waals surface area contributed by atoms with Gasteiger partial charge in [0.15, 0.2) is 0 Å². The van der Waals surface area contributed by atoms with Crippen LogP contribution in [0.4, 0.5) is 0 Å². The monoisotopic (exact) mass is 182 g/mol. The van der Waals surface area contributed by atoms with Crippen LogP contribution in [0.2, 0.25) is 0 Å². The molecule has 0 aromatic carbocycles. The van der Waals surface area contributed by atoms with Crippen molar-refractivity contribution < 1.29 is 0 Å². The first-order valence-electron chi connectivity index (χ1n) is 5.38. The highest BCUT2D eigenvalue weighted by Gasteiger charge is 2.08. The smallest absolute Gasteiger partial charge is 0.0203 e. The summed E-state index contributed by atoms with van der Waals surface area (Å²) in [6.45, 7) is 13.6. The maximum atomic E-state index is 2.33. The Bertz CT molecular complexity index is 150. The molecule has 0 saturated carbocycles. The van der Waals surface area contributed by atoms with Gasteiger partial charge >= 0.3 is 0 Å². The Labute approximate surface area is 84.4 Å². The standard InChI is InChI=1S/C13H26/c1-12(2,3)10-8-7-9-11-13(4,5)6/h8,10H,7,9,11H2,1-6H3. The molecule has 78 valence electrons. The van der Waals surface area contributed by atoms with Gasteiger partial charge < -0.3 is 0 Å². The van der Waals surface area contributed by atoms with Crippen LogP contribution in [0.3, 0.4) is 0 Å². The summed E-state index contributed by atoms with van der Waals surface area (Å²) >= 11 is 0. The third-order valence-electron chi connectivity index (χ3n) is 1.92. The highest BCUT2D eigenvalue weighted by atomic mass is 14.1. The van der Waals surface area contributed by atoms with Crippen LogP contribution in [-0.4, -0.2) is 0 Å². The third-order valence-corrected chi connectivity index (χ3v) is 1.92. The van der Waals surface area contributed by atoms with E-state index in [1.165, 1.54) is 19.3 Å². The van der Waals surface area contributed by atoms with E-state index in [2.05, 4.69) is 53.7 Å². The zero-order valence-electron chi connectivity index (χ0n) is 10.3. The summed E-state index contributed by atoms with van der Waals surface area (Å²) < 4.78 is 0. The Hall–Kier alpha value is -0.260. The first-order valence-corrected chi connectivity index (χ1v) is 5.38. The van der Waals surface area contributed by atoms with E-state index in [1.807, 2.05) is 0 Å². The van der Waals surface area contributed by atoms with Crippen LogP contribution in [-0.2, 0) is 0 Å². The van der Waals surface area contributed by atoms with Crippen LogP contribution in [0.25, 0.3) is 0 Å². The van der Waals surface area contributed by atoms with Crippen LogP contribution in [0.5, 0.6) is 0 Å². The Balaban J connectivity index is 3.53. The average Bonchev–Trinajstić information content (AvgIpc) is 1.81. The second kappa shape index (κ2) is 4.83. The summed E-state index contributed by atoms with van der Waals surface area (Å²) in [5, 5.41) is 0. The minimum absolute atomic E-state index is 0.349. The average molecular weight is 182 g/mol. The molecule has 0 heterocycles. The fourth-order valence-corrected chi connectivity index (χ4v) is 1.19. The molecule has 0 aliphatic rings. The Morgan fingerprint density at radius 3 is 1.85 bits per heavy atom. The minimum atomic E-state index is 0.349. The van der Waals surface area contributed by atoms with E-state index < -0.39 is 0 Å². The van der Waals surface area contributed by atoms with Crippen LogP contribution in [0.1, 0.15) is 60.8 Å². The second-order valence-electron chi connectivity index (χ2n) is 6.22. The SMILES string of the molecule is CC(C)(C)C=CCCCC(C)(C)C. The van der Waals surface area contributed by atoms with Gasteiger partial charge in [-0.05, 0) is 30.1 Å². The summed E-state index contributed by atoms with van der Waals surface area (Å²) in [4.78, 5) is 0. The van der Waals surface area contributed by atoms with Gasteiger partial charge in [0.2, 0.25) is 0 Å². The Morgan fingerprint density at radius 1 is 0.923 bits per heavy atom. The van der Waals surface area contributed by atoms with Crippen molar-refractivity contribution in [1.82, 2.24) is 0 Å². The van der Waals surface area contributed by atoms with E-state index in [4.69, 9.17) is 0 Å². The molecule has 0 heteroatoms. The highest BCUT2D eigenvalue weighted by Crippen LogP contribution is 2.22. The van der Waals surface area contributed by atoms with Crippen molar-refractivity contribution in [1.29, 1.82) is 0 Å². The first-order chi connectivity index (χ1) is 5.71. The predicted octanol–water partition coefficient (Wildman–Crippen LogP) is 4.81. The maximum absolute atomic E-state index is 2.33. The van der Waals surface area contributed by atoms with Gasteiger partial charge in [-0.3, -0.25) is 0 Å². The lowest BCUT2D eigenvalue weighted by molar-refractivity contribution is 0.366. The molecule has 0 N–H and O–H groups in total. The zero-order chi connectivity index (χ0) is 10.5. The topological polar surface area (TPSA) is 0 Å². The lowest BCUT2D eigenvalue weighted by Gasteiger charge is -2.17. The van der Waals surface area contributed by atoms with Crippen LogP contribution in [0.15, 0.2) is 12.2 Å². The minimum Gasteiger partial charge on any atom is -0.0880 e. The van der Waals surface area contributed by atoms with E-state index in [0.717, 1.165) is 0 Å². The van der Waals surface area contributed by atoms with Gasteiger partial charge in [0.05, 0.1) is 0 Å². The second-order valence-corrected chi connectivity index (χ2v) is 6.22. The molecular formula is C13H26. The van der Waals surface area contributed by atoms with Gasteiger partial charge in [0.25, 0.3) is 0 Å². The molecule has 0 aromatic rings. The largest absolute Gasteiger partial charge is 0.0880 e. The summed E-state index contributed by atoms with van der Waals surface area (Å²) in [5.41, 5.74) is 0.845. The van der Waals surface area contributed by atoms with Crippen LogP contribution < -0.4 is 0 Å². The summed E-state index contributed by atoms with van der Waals surface area (Å²) in [6, 6.07) is 0. The fourth-order valence-electron chi connectivity index (χ4n) is 1.19. The predicted molar refractivity (Wildman–Crippen MR) is 61.9 cm³/mol. The van der Waals surface area contributed by atoms with Crippen molar-refractivity contribution >= 4 is 0 Å². The first kappa shape index (κ1) is 12.7. The van der Waals surface area contributed by atoms with E-state index in [0.29, 0.717) is 10.8 Å². The number of unbranched alkanes of at least 4 members (excludes halogenated alkanes) is 1. The maximum Gasteiger partial charge on any atom is -0.0203 e. The molecule has 0 aliphatic carbocycles. The number of hydrogen-bond acceptors (Lipinski definition) is 0. The molecule has 0 aromatic heterocycles. The quantitative estimate of drug-likeness (QED) is 0.434. The van der Waals surface area contributed by atoms with Crippen molar-refractivity contribution in [3.05, 3.63) is 12.2 Å². The van der Waals surface area contributed by atoms with Crippen LogP contribution >= 0.6 is 0 Å². The molecule has 0 amide bonds. The van der Waals surface area contributed by atoms with E-state index >= 15 is 0 Å². The summed E-state index contributed by atoms with van der Waals surface area (Å²) in [7, 11) is 0. The van der Waals surface area contributed by atoms with E-state index in [9.17, 15) is 0 Å². The van der Waals surface area contributed by atoms with Gasteiger partial charge in [0.1, 0.15) is 0 Å². The molecule has 13 heavy (non-hydrogen) atoms. The Morgan fingerprint density at radius 2 is 1.46 bits per heavy atom. The highest BCUT2D eigenvalue weighted by molar-refractivity contribution is 4.91. The molecule has 0 radical (unpaired) electrons. The fraction of sp³-hybridized carbons (Fsp3) is 0.846. The summed E-state index contributed by atoms with van der Waals surface area (Å²) in [6.07, 6.45) is 8.51. The van der Waals surface area contributed by atoms with Crippen molar-refractivity contribution in [2.45, 2.75) is 60.8 Å². The van der Waals surface area contributed by atoms with Crippen molar-refractivity contribution in [3.8, 4) is 0 Å². The lowest BCUT2D eigenvalue weighted by Crippen LogP contribution is -2.03. The molecule has 0 fully saturated rings. The van der Waals surface area contributed by atoms with E-state index in [1.54, 1.807) is 0 Å². The number of rotatable bonds is 3. The zero-order valence-corrected chi connectivity index (χ0v) is 10.3. The van der Waals surface area contributed by atoms with Gasteiger partial charge in [-0.2, -0.15) is 0 Å². The number of allylic oxidation sites excluding steroid dienone is 2. The number of hydrogen-bond donors (Lipinski definition) is 0. The van der Waals surface area contributed by atoms with Gasteiger partial charge in [-0.1, -0.05) is 53.7 Å².